The predicted molar refractivity (Wildman–Crippen MR) is 88.4 cm³/mol. The van der Waals surface area contributed by atoms with Gasteiger partial charge in [-0.25, -0.2) is 4.98 Å². The van der Waals surface area contributed by atoms with Crippen molar-refractivity contribution >= 4 is 28.3 Å². The number of hydrogen-bond acceptors (Lipinski definition) is 3. The number of carbonyl (C=O) groups is 1. The molecule has 0 fully saturated rings. The Bertz CT molecular complexity index is 807. The van der Waals surface area contributed by atoms with E-state index in [-0.39, 0.29) is 11.9 Å². The Kier molecular flexibility index (Phi) is 3.78. The van der Waals surface area contributed by atoms with Gasteiger partial charge in [0.15, 0.2) is 0 Å². The van der Waals surface area contributed by atoms with Crippen LogP contribution in [0.25, 0.3) is 11.0 Å². The van der Waals surface area contributed by atoms with Crippen molar-refractivity contribution in [1.82, 2.24) is 15.3 Å². The molecule has 0 bridgehead atoms. The van der Waals surface area contributed by atoms with Crippen molar-refractivity contribution in [1.29, 1.82) is 0 Å². The molecule has 3 rings (SSSR count). The van der Waals surface area contributed by atoms with Crippen molar-refractivity contribution < 1.29 is 4.79 Å². The van der Waals surface area contributed by atoms with Crippen LogP contribution in [0.5, 0.6) is 0 Å². The number of nitrogens with one attached hydrogen (secondary N) is 3. The number of rotatable bonds is 4. The number of aromatic amines is 1. The Hall–Kier alpha value is -2.82. The monoisotopic (exact) mass is 294 g/mol. The summed E-state index contributed by atoms with van der Waals surface area (Å²) < 4.78 is 0. The number of H-pyrrole nitrogens is 1. The Balaban J connectivity index is 1.96. The number of anilines is 2. The van der Waals surface area contributed by atoms with E-state index in [1.54, 1.807) is 6.20 Å². The molecule has 1 amide bonds. The number of amides is 1. The average Bonchev–Trinajstić information content (AvgIpc) is 2.96. The van der Waals surface area contributed by atoms with Crippen LogP contribution in [0, 0.1) is 0 Å². The van der Waals surface area contributed by atoms with Gasteiger partial charge in [0.05, 0.1) is 16.9 Å². The second-order valence-electron chi connectivity index (χ2n) is 5.40. The van der Waals surface area contributed by atoms with Crippen molar-refractivity contribution in [3.63, 3.8) is 0 Å². The Morgan fingerprint density at radius 1 is 1.14 bits per heavy atom. The summed E-state index contributed by atoms with van der Waals surface area (Å²) >= 11 is 0. The molecule has 5 nitrogen and oxygen atoms in total. The van der Waals surface area contributed by atoms with Crippen LogP contribution in [0.1, 0.15) is 24.2 Å². The fraction of sp³-hybridized carbons (Fsp3) is 0.176. The summed E-state index contributed by atoms with van der Waals surface area (Å²) in [5.74, 6) is -0.0857. The van der Waals surface area contributed by atoms with Crippen LogP contribution in [0.3, 0.4) is 0 Å². The summed E-state index contributed by atoms with van der Waals surface area (Å²) in [4.78, 5) is 19.7. The summed E-state index contributed by atoms with van der Waals surface area (Å²) in [7, 11) is 0. The maximum Gasteiger partial charge on any atom is 0.253 e. The van der Waals surface area contributed by atoms with E-state index in [9.17, 15) is 4.79 Å². The van der Waals surface area contributed by atoms with E-state index in [2.05, 4.69) is 20.6 Å². The SMILES string of the molecule is CC(C)NC(=O)c1ccccc1Nc1ccnc2[nH]ccc12. The van der Waals surface area contributed by atoms with Gasteiger partial charge in [0.2, 0.25) is 0 Å². The molecule has 112 valence electrons. The summed E-state index contributed by atoms with van der Waals surface area (Å²) in [5, 5.41) is 7.24. The van der Waals surface area contributed by atoms with Gasteiger partial charge >= 0.3 is 0 Å². The number of para-hydroxylation sites is 1. The lowest BCUT2D eigenvalue weighted by Crippen LogP contribution is -2.30. The van der Waals surface area contributed by atoms with Crippen LogP contribution in [-0.4, -0.2) is 21.9 Å². The van der Waals surface area contributed by atoms with Crippen molar-refractivity contribution in [2.75, 3.05) is 5.32 Å². The van der Waals surface area contributed by atoms with E-state index in [4.69, 9.17) is 0 Å². The quantitative estimate of drug-likeness (QED) is 0.690. The van der Waals surface area contributed by atoms with Crippen molar-refractivity contribution in [3.05, 3.63) is 54.4 Å². The number of nitrogens with zero attached hydrogens (tertiary/aromatic N) is 1. The zero-order valence-corrected chi connectivity index (χ0v) is 12.6. The molecule has 3 N–H and O–H groups in total. The highest BCUT2D eigenvalue weighted by Crippen LogP contribution is 2.26. The van der Waals surface area contributed by atoms with Gasteiger partial charge in [-0.15, -0.1) is 0 Å². The first kappa shape index (κ1) is 14.1. The molecule has 2 heterocycles. The third-order valence-electron chi connectivity index (χ3n) is 3.32. The topological polar surface area (TPSA) is 69.8 Å². The van der Waals surface area contributed by atoms with E-state index >= 15 is 0 Å². The van der Waals surface area contributed by atoms with Gasteiger partial charge < -0.3 is 15.6 Å². The molecule has 1 aromatic carbocycles. The summed E-state index contributed by atoms with van der Waals surface area (Å²) in [5.41, 5.74) is 3.12. The molecule has 0 saturated heterocycles. The first-order chi connectivity index (χ1) is 10.6. The minimum absolute atomic E-state index is 0.0857. The molecule has 0 atom stereocenters. The number of aromatic nitrogens is 2. The Morgan fingerprint density at radius 2 is 1.95 bits per heavy atom. The fourth-order valence-electron chi connectivity index (χ4n) is 2.35. The van der Waals surface area contributed by atoms with E-state index in [0.717, 1.165) is 22.4 Å². The van der Waals surface area contributed by atoms with Gasteiger partial charge in [-0.2, -0.15) is 0 Å². The van der Waals surface area contributed by atoms with E-state index < -0.39 is 0 Å². The minimum atomic E-state index is -0.0857. The number of fused-ring (bicyclic) bond motifs is 1. The molecular weight excluding hydrogens is 276 g/mol. The average molecular weight is 294 g/mol. The Morgan fingerprint density at radius 3 is 2.77 bits per heavy atom. The summed E-state index contributed by atoms with van der Waals surface area (Å²) in [6, 6.07) is 11.4. The molecule has 0 spiro atoms. The lowest BCUT2D eigenvalue weighted by Gasteiger charge is -2.14. The highest BCUT2D eigenvalue weighted by atomic mass is 16.1. The molecular formula is C17H18N4O. The molecule has 5 heteroatoms. The van der Waals surface area contributed by atoms with Crippen LogP contribution >= 0.6 is 0 Å². The van der Waals surface area contributed by atoms with Crippen LogP contribution in [0.15, 0.2) is 48.8 Å². The molecule has 2 aromatic heterocycles. The smallest absolute Gasteiger partial charge is 0.253 e. The molecule has 0 unspecified atom stereocenters. The first-order valence-corrected chi connectivity index (χ1v) is 7.24. The number of hydrogen-bond donors (Lipinski definition) is 3. The molecule has 0 radical (unpaired) electrons. The van der Waals surface area contributed by atoms with Crippen molar-refractivity contribution in [2.45, 2.75) is 19.9 Å². The number of benzene rings is 1. The van der Waals surface area contributed by atoms with E-state index in [1.807, 2.05) is 56.4 Å². The minimum Gasteiger partial charge on any atom is -0.354 e. The fourth-order valence-corrected chi connectivity index (χ4v) is 2.35. The molecule has 3 aromatic rings. The van der Waals surface area contributed by atoms with Crippen LogP contribution in [0.2, 0.25) is 0 Å². The van der Waals surface area contributed by atoms with Gasteiger partial charge in [0.1, 0.15) is 5.65 Å². The lowest BCUT2D eigenvalue weighted by atomic mass is 10.1. The van der Waals surface area contributed by atoms with Gasteiger partial charge in [-0.1, -0.05) is 12.1 Å². The molecule has 0 saturated carbocycles. The van der Waals surface area contributed by atoms with Gasteiger partial charge in [-0.3, -0.25) is 4.79 Å². The van der Waals surface area contributed by atoms with Crippen LogP contribution < -0.4 is 10.6 Å². The maximum atomic E-state index is 12.3. The van der Waals surface area contributed by atoms with Crippen molar-refractivity contribution in [2.24, 2.45) is 0 Å². The highest BCUT2D eigenvalue weighted by Gasteiger charge is 2.13. The Labute approximate surface area is 128 Å². The van der Waals surface area contributed by atoms with E-state index in [0.29, 0.717) is 5.56 Å². The zero-order chi connectivity index (χ0) is 15.5. The van der Waals surface area contributed by atoms with Crippen LogP contribution in [0.4, 0.5) is 11.4 Å². The third kappa shape index (κ3) is 2.79. The maximum absolute atomic E-state index is 12.3. The van der Waals surface area contributed by atoms with E-state index in [1.165, 1.54) is 0 Å². The third-order valence-corrected chi connectivity index (χ3v) is 3.32. The lowest BCUT2D eigenvalue weighted by molar-refractivity contribution is 0.0944. The highest BCUT2D eigenvalue weighted by molar-refractivity contribution is 6.01. The summed E-state index contributed by atoms with van der Waals surface area (Å²) in [6.07, 6.45) is 3.58. The zero-order valence-electron chi connectivity index (χ0n) is 12.6. The predicted octanol–water partition coefficient (Wildman–Crippen LogP) is 3.44. The molecule has 22 heavy (non-hydrogen) atoms. The summed E-state index contributed by atoms with van der Waals surface area (Å²) in [6.45, 7) is 3.89. The van der Waals surface area contributed by atoms with Gasteiger partial charge in [0, 0.05) is 23.8 Å². The largest absolute Gasteiger partial charge is 0.354 e. The standard InChI is InChI=1S/C17H18N4O/c1-11(2)20-17(22)13-5-3-4-6-14(13)21-15-8-10-19-16-12(15)7-9-18-16/h3-11H,1-2H3,(H,20,22)(H2,18,19,21). The van der Waals surface area contributed by atoms with Gasteiger partial charge in [-0.05, 0) is 38.1 Å². The second-order valence-corrected chi connectivity index (χ2v) is 5.40. The number of carbonyl (C=O) groups excluding carboxylic acids is 1. The molecule has 0 aliphatic heterocycles. The normalized spacial score (nSPS) is 10.9. The van der Waals surface area contributed by atoms with Crippen molar-refractivity contribution in [3.8, 4) is 0 Å². The molecule has 0 aliphatic carbocycles. The van der Waals surface area contributed by atoms with Gasteiger partial charge in [0.25, 0.3) is 5.91 Å². The first-order valence-electron chi connectivity index (χ1n) is 7.24. The number of pyridine rings is 1. The van der Waals surface area contributed by atoms with Crippen LogP contribution in [-0.2, 0) is 0 Å². The molecule has 0 aliphatic rings. The second kappa shape index (κ2) is 5.89.